The van der Waals surface area contributed by atoms with Crippen LogP contribution in [0.5, 0.6) is 0 Å². The van der Waals surface area contributed by atoms with Crippen LogP contribution < -0.4 is 10.2 Å². The van der Waals surface area contributed by atoms with Crippen molar-refractivity contribution in [2.45, 2.75) is 44.8 Å². The topological polar surface area (TPSA) is 90.0 Å². The van der Waals surface area contributed by atoms with Gasteiger partial charge in [0, 0.05) is 31.9 Å². The van der Waals surface area contributed by atoms with Crippen LogP contribution >= 0.6 is 0 Å². The highest BCUT2D eigenvalue weighted by atomic mass is 19.1. The fourth-order valence-corrected chi connectivity index (χ4v) is 5.17. The number of hydrogen-bond acceptors (Lipinski definition) is 5. The molecule has 3 atom stereocenters. The normalized spacial score (nSPS) is 19.7. The monoisotopic (exact) mass is 508 g/mol. The Morgan fingerprint density at radius 3 is 2.35 bits per heavy atom. The third-order valence-corrected chi connectivity index (χ3v) is 7.03. The fourth-order valence-electron chi connectivity index (χ4n) is 5.17. The second-order valence-electron chi connectivity index (χ2n) is 10.3. The van der Waals surface area contributed by atoms with Crippen molar-refractivity contribution < 1.29 is 23.6 Å². The highest BCUT2D eigenvalue weighted by Crippen LogP contribution is 2.32. The Morgan fingerprint density at radius 2 is 1.73 bits per heavy atom. The molecule has 0 aliphatic carbocycles. The minimum atomic E-state index is -0.816. The predicted molar refractivity (Wildman–Crippen MR) is 138 cm³/mol. The van der Waals surface area contributed by atoms with Crippen LogP contribution in [0.2, 0.25) is 0 Å². The maximum Gasteiger partial charge on any atom is 0.257 e. The fraction of sp³-hybridized carbons (Fsp3) is 0.429. The number of likely N-dealkylation sites (tertiary alicyclic amines) is 2. The van der Waals surface area contributed by atoms with Gasteiger partial charge in [-0.2, -0.15) is 0 Å². The zero-order chi connectivity index (χ0) is 26.9. The highest BCUT2D eigenvalue weighted by molar-refractivity contribution is 6.03. The Morgan fingerprint density at radius 1 is 1.05 bits per heavy atom. The lowest BCUT2D eigenvalue weighted by Gasteiger charge is -2.29. The van der Waals surface area contributed by atoms with E-state index >= 15 is 0 Å². The van der Waals surface area contributed by atoms with Gasteiger partial charge in [-0.15, -0.1) is 0 Å². The second-order valence-corrected chi connectivity index (χ2v) is 10.3. The first-order chi connectivity index (χ1) is 17.6. The minimum absolute atomic E-state index is 0.0917. The molecule has 0 radical (unpaired) electrons. The smallest absolute Gasteiger partial charge is 0.257 e. The number of rotatable bonds is 7. The molecule has 2 fully saturated rings. The van der Waals surface area contributed by atoms with Gasteiger partial charge in [-0.3, -0.25) is 19.2 Å². The van der Waals surface area contributed by atoms with Crippen molar-refractivity contribution in [3.05, 3.63) is 65.5 Å². The Hall–Kier alpha value is -3.75. The number of carbonyl (C=O) groups excluding carboxylic acids is 4. The highest BCUT2D eigenvalue weighted by Gasteiger charge is 2.52. The minimum Gasteiger partial charge on any atom is -0.378 e. The SMILES string of the molecule is CC(C)C[C@H](NC(=O)c1ccc(N(C)C)cc1)C(=O)N1CC[C@@H]2[C@H]1C(=O)CN2C(=O)c1ccccc1F. The molecule has 2 aromatic rings. The molecule has 2 aliphatic rings. The zero-order valence-electron chi connectivity index (χ0n) is 21.6. The van der Waals surface area contributed by atoms with Crippen LogP contribution in [0, 0.1) is 11.7 Å². The number of amides is 3. The summed E-state index contributed by atoms with van der Waals surface area (Å²) in [5.41, 5.74) is 1.29. The van der Waals surface area contributed by atoms with Crippen molar-refractivity contribution in [1.82, 2.24) is 15.1 Å². The van der Waals surface area contributed by atoms with E-state index in [0.717, 1.165) is 5.69 Å². The largest absolute Gasteiger partial charge is 0.378 e. The van der Waals surface area contributed by atoms with E-state index in [1.807, 2.05) is 45.0 Å². The molecule has 8 nitrogen and oxygen atoms in total. The van der Waals surface area contributed by atoms with Crippen LogP contribution in [0.15, 0.2) is 48.5 Å². The number of carbonyl (C=O) groups is 4. The maximum absolute atomic E-state index is 14.2. The number of fused-ring (bicyclic) bond motifs is 1. The first kappa shape index (κ1) is 26.3. The summed E-state index contributed by atoms with van der Waals surface area (Å²) in [6.45, 7) is 4.02. The first-order valence-corrected chi connectivity index (χ1v) is 12.6. The van der Waals surface area contributed by atoms with Crippen LogP contribution in [-0.4, -0.2) is 78.6 Å². The molecule has 2 heterocycles. The van der Waals surface area contributed by atoms with Crippen LogP contribution in [-0.2, 0) is 9.59 Å². The molecule has 37 heavy (non-hydrogen) atoms. The Balaban J connectivity index is 1.51. The summed E-state index contributed by atoms with van der Waals surface area (Å²) < 4.78 is 14.2. The van der Waals surface area contributed by atoms with Crippen molar-refractivity contribution in [2.75, 3.05) is 32.1 Å². The summed E-state index contributed by atoms with van der Waals surface area (Å²) in [6.07, 6.45) is 0.816. The molecule has 2 saturated heterocycles. The van der Waals surface area contributed by atoms with Crippen molar-refractivity contribution in [3.63, 3.8) is 0 Å². The quantitative estimate of drug-likeness (QED) is 0.621. The van der Waals surface area contributed by atoms with Gasteiger partial charge in [-0.1, -0.05) is 26.0 Å². The number of nitrogens with zero attached hydrogens (tertiary/aromatic N) is 3. The van der Waals surface area contributed by atoms with Crippen LogP contribution in [0.4, 0.5) is 10.1 Å². The van der Waals surface area contributed by atoms with Crippen LogP contribution in [0.3, 0.4) is 0 Å². The third kappa shape index (κ3) is 5.35. The van der Waals surface area contributed by atoms with E-state index < -0.39 is 29.8 Å². The van der Waals surface area contributed by atoms with E-state index in [2.05, 4.69) is 5.32 Å². The average Bonchev–Trinajstić information content (AvgIpc) is 3.44. The number of hydrogen-bond donors (Lipinski definition) is 1. The van der Waals surface area contributed by atoms with Crippen molar-refractivity contribution in [1.29, 1.82) is 0 Å². The number of ketones is 1. The number of halogens is 1. The van der Waals surface area contributed by atoms with E-state index in [9.17, 15) is 23.6 Å². The van der Waals surface area contributed by atoms with E-state index in [1.54, 1.807) is 18.2 Å². The van der Waals surface area contributed by atoms with Gasteiger partial charge >= 0.3 is 0 Å². The van der Waals surface area contributed by atoms with Crippen molar-refractivity contribution in [3.8, 4) is 0 Å². The Labute approximate surface area is 216 Å². The molecule has 0 saturated carbocycles. The molecule has 1 N–H and O–H groups in total. The van der Waals surface area contributed by atoms with Gasteiger partial charge in [0.15, 0.2) is 5.78 Å². The number of Topliss-reactive ketones (excluding diaryl/α,β-unsaturated/α-hetero) is 1. The van der Waals surface area contributed by atoms with E-state index in [1.165, 1.54) is 28.0 Å². The molecule has 4 rings (SSSR count). The molecule has 196 valence electrons. The summed E-state index contributed by atoms with van der Waals surface area (Å²) >= 11 is 0. The maximum atomic E-state index is 14.2. The summed E-state index contributed by atoms with van der Waals surface area (Å²) in [5, 5.41) is 2.87. The van der Waals surface area contributed by atoms with Crippen LogP contribution in [0.25, 0.3) is 0 Å². The molecule has 0 bridgehead atoms. The van der Waals surface area contributed by atoms with Gasteiger partial charge in [0.2, 0.25) is 5.91 Å². The lowest BCUT2D eigenvalue weighted by Crippen LogP contribution is -2.53. The average molecular weight is 509 g/mol. The number of anilines is 1. The Kier molecular flexibility index (Phi) is 7.61. The van der Waals surface area contributed by atoms with Gasteiger partial charge in [0.1, 0.15) is 17.9 Å². The van der Waals surface area contributed by atoms with Crippen LogP contribution in [0.1, 0.15) is 47.4 Å². The number of nitrogens with one attached hydrogen (secondary N) is 1. The first-order valence-electron chi connectivity index (χ1n) is 12.6. The standard InChI is InChI=1S/C28H33FN4O4/c1-17(2)15-22(30-26(35)18-9-11-19(12-10-18)31(3)4)28(37)32-14-13-23-25(32)24(34)16-33(23)27(36)20-7-5-6-8-21(20)29/h5-12,17,22-23,25H,13-16H2,1-4H3,(H,30,35)/t22-,23+,25-/m0/s1. The zero-order valence-corrected chi connectivity index (χ0v) is 21.6. The molecule has 0 spiro atoms. The summed E-state index contributed by atoms with van der Waals surface area (Å²) in [7, 11) is 3.82. The van der Waals surface area contributed by atoms with Gasteiger partial charge in [0.05, 0.1) is 18.2 Å². The number of benzene rings is 2. The molecule has 0 aromatic heterocycles. The lowest BCUT2D eigenvalue weighted by atomic mass is 10.0. The molecule has 3 amide bonds. The molecule has 9 heteroatoms. The van der Waals surface area contributed by atoms with E-state index in [-0.39, 0.29) is 42.2 Å². The molecule has 2 aromatic carbocycles. The third-order valence-electron chi connectivity index (χ3n) is 7.03. The molecular weight excluding hydrogens is 475 g/mol. The van der Waals surface area contributed by atoms with Gasteiger partial charge in [0.25, 0.3) is 11.8 Å². The predicted octanol–water partition coefficient (Wildman–Crippen LogP) is 2.73. The van der Waals surface area contributed by atoms with E-state index in [0.29, 0.717) is 18.4 Å². The Bertz CT molecular complexity index is 1200. The summed E-state index contributed by atoms with van der Waals surface area (Å²) in [6, 6.07) is 10.6. The van der Waals surface area contributed by atoms with Crippen molar-refractivity contribution >= 4 is 29.2 Å². The molecule has 2 aliphatic heterocycles. The summed E-state index contributed by atoms with van der Waals surface area (Å²) in [4.78, 5) is 57.5. The van der Waals surface area contributed by atoms with E-state index in [4.69, 9.17) is 0 Å². The summed E-state index contributed by atoms with van der Waals surface area (Å²) in [5.74, 6) is -2.05. The molecular formula is C28H33FN4O4. The van der Waals surface area contributed by atoms with Crippen molar-refractivity contribution in [2.24, 2.45) is 5.92 Å². The van der Waals surface area contributed by atoms with Gasteiger partial charge < -0.3 is 20.0 Å². The second kappa shape index (κ2) is 10.7. The van der Waals surface area contributed by atoms with Gasteiger partial charge in [-0.25, -0.2) is 4.39 Å². The van der Waals surface area contributed by atoms with Gasteiger partial charge in [-0.05, 0) is 55.2 Å². The molecule has 0 unspecified atom stereocenters. The lowest BCUT2D eigenvalue weighted by molar-refractivity contribution is -0.138.